The van der Waals surface area contributed by atoms with Crippen LogP contribution in [0.15, 0.2) is 65.9 Å². The zero-order chi connectivity index (χ0) is 21.8. The molecule has 8 heteroatoms. The predicted molar refractivity (Wildman–Crippen MR) is 115 cm³/mol. The highest BCUT2D eigenvalue weighted by Crippen LogP contribution is 2.45. The number of hydrogen-bond donors (Lipinski definition) is 1. The molecule has 2 aliphatic rings. The number of aromatic nitrogens is 3. The van der Waals surface area contributed by atoms with Crippen molar-refractivity contribution in [2.75, 3.05) is 5.32 Å². The first-order chi connectivity index (χ1) is 14.8. The van der Waals surface area contributed by atoms with Crippen LogP contribution in [-0.4, -0.2) is 25.5 Å². The van der Waals surface area contributed by atoms with E-state index in [1.807, 2.05) is 30.3 Å². The Kier molecular flexibility index (Phi) is 4.25. The number of nitro groups is 1. The molecule has 8 nitrogen and oxygen atoms in total. The molecule has 5 rings (SSSR count). The van der Waals surface area contributed by atoms with E-state index in [1.54, 1.807) is 16.8 Å². The molecule has 1 atom stereocenters. The normalized spacial score (nSPS) is 19.4. The molecule has 0 amide bonds. The lowest BCUT2D eigenvalue weighted by Gasteiger charge is -2.38. The van der Waals surface area contributed by atoms with Gasteiger partial charge in [-0.05, 0) is 29.5 Å². The molecule has 1 aromatic heterocycles. The van der Waals surface area contributed by atoms with Gasteiger partial charge in [-0.25, -0.2) is 4.68 Å². The van der Waals surface area contributed by atoms with Gasteiger partial charge in [0.05, 0.1) is 4.92 Å². The number of nitro benzene ring substituents is 1. The maximum Gasteiger partial charge on any atom is 0.269 e. The van der Waals surface area contributed by atoms with Gasteiger partial charge >= 0.3 is 0 Å². The summed E-state index contributed by atoms with van der Waals surface area (Å²) < 4.78 is 1.75. The molecule has 1 aliphatic carbocycles. The first-order valence-corrected chi connectivity index (χ1v) is 10.1. The second-order valence-corrected chi connectivity index (χ2v) is 8.78. The molecule has 1 aliphatic heterocycles. The van der Waals surface area contributed by atoms with Crippen LogP contribution in [0.3, 0.4) is 0 Å². The van der Waals surface area contributed by atoms with E-state index in [2.05, 4.69) is 24.1 Å². The number of carbonyl (C=O) groups is 1. The fourth-order valence-corrected chi connectivity index (χ4v) is 4.41. The van der Waals surface area contributed by atoms with Gasteiger partial charge in [0.1, 0.15) is 6.04 Å². The van der Waals surface area contributed by atoms with Crippen molar-refractivity contribution >= 4 is 17.4 Å². The van der Waals surface area contributed by atoms with Gasteiger partial charge in [-0.1, -0.05) is 44.2 Å². The van der Waals surface area contributed by atoms with Crippen molar-refractivity contribution in [2.45, 2.75) is 32.7 Å². The third-order valence-electron chi connectivity index (χ3n) is 5.78. The van der Waals surface area contributed by atoms with Gasteiger partial charge in [-0.15, -0.1) is 5.10 Å². The number of non-ortho nitro benzene ring substituents is 1. The van der Waals surface area contributed by atoms with Gasteiger partial charge in [0, 0.05) is 35.4 Å². The minimum Gasteiger partial charge on any atom is -0.328 e. The van der Waals surface area contributed by atoms with Crippen LogP contribution < -0.4 is 5.32 Å². The number of fused-ring (bicyclic) bond motifs is 1. The van der Waals surface area contributed by atoms with Crippen molar-refractivity contribution < 1.29 is 9.72 Å². The summed E-state index contributed by atoms with van der Waals surface area (Å²) in [5.41, 5.74) is 3.14. The molecule has 0 spiro atoms. The van der Waals surface area contributed by atoms with Gasteiger partial charge in [0.15, 0.2) is 11.6 Å². The number of nitrogens with one attached hydrogen (secondary N) is 1. The predicted octanol–water partition coefficient (Wildman–Crippen LogP) is 4.51. The average molecular weight is 415 g/mol. The fraction of sp³-hybridized carbons (Fsp3) is 0.261. The lowest BCUT2D eigenvalue weighted by molar-refractivity contribution is -0.384. The van der Waals surface area contributed by atoms with E-state index in [9.17, 15) is 14.9 Å². The van der Waals surface area contributed by atoms with Crippen molar-refractivity contribution in [3.05, 3.63) is 81.5 Å². The number of carbonyl (C=O) groups excluding carboxylic acids is 1. The molecule has 0 saturated heterocycles. The van der Waals surface area contributed by atoms with E-state index in [0.717, 1.165) is 23.3 Å². The van der Waals surface area contributed by atoms with Gasteiger partial charge in [-0.3, -0.25) is 14.9 Å². The highest BCUT2D eigenvalue weighted by atomic mass is 16.6. The number of nitrogens with zero attached hydrogens (tertiary/aromatic N) is 4. The van der Waals surface area contributed by atoms with E-state index >= 15 is 0 Å². The van der Waals surface area contributed by atoms with Gasteiger partial charge in [0.25, 0.3) is 5.69 Å². The van der Waals surface area contributed by atoms with Gasteiger partial charge in [-0.2, -0.15) is 4.98 Å². The second-order valence-electron chi connectivity index (χ2n) is 8.78. The van der Waals surface area contributed by atoms with Crippen molar-refractivity contribution in [2.24, 2.45) is 5.41 Å². The third kappa shape index (κ3) is 3.30. The van der Waals surface area contributed by atoms with Crippen molar-refractivity contribution in [3.63, 3.8) is 0 Å². The molecular formula is C23H21N5O3. The van der Waals surface area contributed by atoms with Crippen molar-refractivity contribution in [3.8, 4) is 11.4 Å². The summed E-state index contributed by atoms with van der Waals surface area (Å²) in [5, 5.41) is 19.0. The molecule has 0 bridgehead atoms. The van der Waals surface area contributed by atoms with Crippen LogP contribution in [0.2, 0.25) is 0 Å². The minimum atomic E-state index is -0.437. The van der Waals surface area contributed by atoms with E-state index < -0.39 is 4.92 Å². The van der Waals surface area contributed by atoms with Crippen molar-refractivity contribution in [1.29, 1.82) is 0 Å². The quantitative estimate of drug-likeness (QED) is 0.499. The Balaban J connectivity index is 1.63. The van der Waals surface area contributed by atoms with E-state index in [0.29, 0.717) is 23.8 Å². The van der Waals surface area contributed by atoms with Crippen LogP contribution in [0.4, 0.5) is 11.6 Å². The minimum absolute atomic E-state index is 0.0120. The SMILES string of the molecule is CC1(C)CC(=O)C2=C(C1)Nc1nc(-c3ccc([N+](=O)[O-])cc3)nn1C2c1ccccc1. The fourth-order valence-electron chi connectivity index (χ4n) is 4.41. The molecule has 1 N–H and O–H groups in total. The summed E-state index contributed by atoms with van der Waals surface area (Å²) >= 11 is 0. The lowest BCUT2D eigenvalue weighted by atomic mass is 9.73. The molecule has 1 unspecified atom stereocenters. The number of rotatable bonds is 3. The number of allylic oxidation sites excluding steroid dienone is 2. The van der Waals surface area contributed by atoms with Crippen LogP contribution >= 0.6 is 0 Å². The van der Waals surface area contributed by atoms with Gasteiger partial charge in [0.2, 0.25) is 5.95 Å². The molecule has 3 aromatic rings. The Morgan fingerprint density at radius 2 is 1.81 bits per heavy atom. The number of Topliss-reactive ketones (excluding diaryl/α,β-unsaturated/α-hetero) is 1. The molecule has 2 heterocycles. The van der Waals surface area contributed by atoms with Crippen LogP contribution in [0, 0.1) is 15.5 Å². The van der Waals surface area contributed by atoms with Crippen molar-refractivity contribution in [1.82, 2.24) is 14.8 Å². The molecule has 156 valence electrons. The van der Waals surface area contributed by atoms with E-state index in [4.69, 9.17) is 5.10 Å². The largest absolute Gasteiger partial charge is 0.328 e. The highest BCUT2D eigenvalue weighted by molar-refractivity contribution is 6.00. The van der Waals surface area contributed by atoms with Crippen LogP contribution in [0.1, 0.15) is 38.3 Å². The standard InChI is InChI=1S/C23H21N5O3/c1-23(2)12-17-19(18(29)13-23)20(14-6-4-3-5-7-14)27-22(24-17)25-21(26-27)15-8-10-16(11-9-15)28(30)31/h3-11,20H,12-13H2,1-2H3,(H,24,25,26). The third-order valence-corrected chi connectivity index (χ3v) is 5.78. The Morgan fingerprint density at radius 1 is 1.10 bits per heavy atom. The Bertz CT molecular complexity index is 1230. The Labute approximate surface area is 178 Å². The smallest absolute Gasteiger partial charge is 0.269 e. The van der Waals surface area contributed by atoms with Crippen LogP contribution in [-0.2, 0) is 4.79 Å². The molecule has 2 aromatic carbocycles. The molecule has 0 radical (unpaired) electrons. The topological polar surface area (TPSA) is 103 Å². The monoisotopic (exact) mass is 415 g/mol. The summed E-state index contributed by atoms with van der Waals surface area (Å²) in [4.78, 5) is 28.4. The van der Waals surface area contributed by atoms with Crippen LogP contribution in [0.5, 0.6) is 0 Å². The Morgan fingerprint density at radius 3 is 2.48 bits per heavy atom. The summed E-state index contributed by atoms with van der Waals surface area (Å²) in [6, 6.07) is 15.6. The van der Waals surface area contributed by atoms with Crippen LogP contribution in [0.25, 0.3) is 11.4 Å². The van der Waals surface area contributed by atoms with E-state index in [-0.39, 0.29) is 22.9 Å². The molecule has 0 fully saturated rings. The second kappa shape index (κ2) is 6.87. The number of anilines is 1. The number of benzene rings is 2. The number of hydrogen-bond acceptors (Lipinski definition) is 6. The molecular weight excluding hydrogens is 394 g/mol. The average Bonchev–Trinajstić information content (AvgIpc) is 3.15. The highest BCUT2D eigenvalue weighted by Gasteiger charge is 2.41. The van der Waals surface area contributed by atoms with Gasteiger partial charge < -0.3 is 5.32 Å². The summed E-state index contributed by atoms with van der Waals surface area (Å²) in [6.45, 7) is 4.19. The summed E-state index contributed by atoms with van der Waals surface area (Å²) in [6.07, 6.45) is 1.23. The zero-order valence-electron chi connectivity index (χ0n) is 17.2. The molecule has 0 saturated carbocycles. The maximum atomic E-state index is 13.2. The first kappa shape index (κ1) is 19.2. The maximum absolute atomic E-state index is 13.2. The Hall–Kier alpha value is -3.81. The number of ketones is 1. The van der Waals surface area contributed by atoms with E-state index in [1.165, 1.54) is 12.1 Å². The molecule has 31 heavy (non-hydrogen) atoms. The first-order valence-electron chi connectivity index (χ1n) is 10.1. The zero-order valence-corrected chi connectivity index (χ0v) is 17.2. The summed E-state index contributed by atoms with van der Waals surface area (Å²) in [7, 11) is 0. The summed E-state index contributed by atoms with van der Waals surface area (Å²) in [5.74, 6) is 1.13. The lowest BCUT2D eigenvalue weighted by Crippen LogP contribution is -2.36.